The molecule has 0 aliphatic rings. The molecule has 0 fully saturated rings. The molecule has 18 heavy (non-hydrogen) atoms. The van der Waals surface area contributed by atoms with Crippen molar-refractivity contribution in [2.75, 3.05) is 6.61 Å². The van der Waals surface area contributed by atoms with Gasteiger partial charge in [-0.3, -0.25) is 10.2 Å². The van der Waals surface area contributed by atoms with Crippen molar-refractivity contribution in [3.63, 3.8) is 0 Å². The summed E-state index contributed by atoms with van der Waals surface area (Å²) in [7, 11) is 0. The lowest BCUT2D eigenvalue weighted by Crippen LogP contribution is -2.22. The van der Waals surface area contributed by atoms with Gasteiger partial charge in [-0.1, -0.05) is 48.7 Å². The van der Waals surface area contributed by atoms with E-state index in [-0.39, 0.29) is 24.6 Å². The van der Waals surface area contributed by atoms with Crippen LogP contribution in [0.5, 0.6) is 0 Å². The number of carbonyl (C=O) groups excluding carboxylic acids is 1. The van der Waals surface area contributed by atoms with Gasteiger partial charge in [0, 0.05) is 6.92 Å². The van der Waals surface area contributed by atoms with E-state index in [4.69, 9.17) is 49.7 Å². The predicted octanol–water partition coefficient (Wildman–Crippen LogP) is 3.49. The van der Waals surface area contributed by atoms with Gasteiger partial charge in [0.05, 0.1) is 0 Å². The van der Waals surface area contributed by atoms with Crippen LogP contribution in [0.2, 0.25) is 0 Å². The first kappa shape index (κ1) is 17.6. The summed E-state index contributed by atoms with van der Waals surface area (Å²) in [6, 6.07) is 0. The molecule has 1 atom stereocenters. The lowest BCUT2D eigenvalue weighted by atomic mass is 10.1. The Bertz CT molecular complexity index is 324. The first-order chi connectivity index (χ1) is 8.14. The zero-order valence-corrected chi connectivity index (χ0v) is 12.6. The second kappa shape index (κ2) is 7.87. The van der Waals surface area contributed by atoms with Gasteiger partial charge in [0.25, 0.3) is 3.79 Å². The molecular formula is C11H16Cl3NO3. The number of esters is 1. The Kier molecular flexibility index (Phi) is 7.67. The second-order valence-electron chi connectivity index (χ2n) is 3.88. The summed E-state index contributed by atoms with van der Waals surface area (Å²) >= 11 is 16.3. The maximum Gasteiger partial charge on any atom is 0.303 e. The average Bonchev–Trinajstić information content (AvgIpc) is 2.19. The van der Waals surface area contributed by atoms with Gasteiger partial charge < -0.3 is 9.47 Å². The molecule has 0 aromatic heterocycles. The first-order valence-electron chi connectivity index (χ1n) is 5.27. The van der Waals surface area contributed by atoms with Gasteiger partial charge >= 0.3 is 5.97 Å². The molecule has 0 amide bonds. The van der Waals surface area contributed by atoms with Crippen LogP contribution in [0.25, 0.3) is 0 Å². The number of rotatable bonds is 5. The Hall–Kier alpha value is -0.450. The van der Waals surface area contributed by atoms with Crippen LogP contribution in [0.3, 0.4) is 0 Å². The third-order valence-corrected chi connectivity index (χ3v) is 2.38. The highest BCUT2D eigenvalue weighted by Gasteiger charge is 2.28. The van der Waals surface area contributed by atoms with Crippen LogP contribution in [0.4, 0.5) is 0 Å². The Balaban J connectivity index is 4.21. The Morgan fingerprint density at radius 2 is 1.94 bits per heavy atom. The summed E-state index contributed by atoms with van der Waals surface area (Å²) in [5.74, 6) is -0.670. The van der Waals surface area contributed by atoms with E-state index >= 15 is 0 Å². The van der Waals surface area contributed by atoms with Crippen LogP contribution >= 0.6 is 34.8 Å². The Labute approximate surface area is 122 Å². The number of hydrogen-bond donors (Lipinski definition) is 1. The minimum Gasteiger partial charge on any atom is -0.474 e. The zero-order valence-electron chi connectivity index (χ0n) is 10.4. The van der Waals surface area contributed by atoms with E-state index in [9.17, 15) is 4.79 Å². The van der Waals surface area contributed by atoms with Crippen molar-refractivity contribution in [3.8, 4) is 0 Å². The number of halogens is 3. The quantitative estimate of drug-likeness (QED) is 0.278. The van der Waals surface area contributed by atoms with Gasteiger partial charge in [-0.15, -0.1) is 0 Å². The smallest absolute Gasteiger partial charge is 0.303 e. The molecule has 0 aliphatic heterocycles. The molecule has 104 valence electrons. The number of alkyl halides is 3. The molecule has 0 rings (SSSR count). The maximum atomic E-state index is 10.9. The topological polar surface area (TPSA) is 59.4 Å². The van der Waals surface area contributed by atoms with Crippen LogP contribution in [0.1, 0.15) is 20.8 Å². The molecular weight excluding hydrogens is 300 g/mol. The summed E-state index contributed by atoms with van der Waals surface area (Å²) in [4.78, 5) is 10.9. The number of ether oxygens (including phenoxy) is 2. The van der Waals surface area contributed by atoms with Crippen molar-refractivity contribution in [1.82, 2.24) is 0 Å². The molecule has 0 spiro atoms. The van der Waals surface area contributed by atoms with E-state index in [0.717, 1.165) is 0 Å². The van der Waals surface area contributed by atoms with Crippen LogP contribution in [0, 0.1) is 11.3 Å². The van der Waals surface area contributed by atoms with Gasteiger partial charge in [0.2, 0.25) is 5.90 Å². The summed E-state index contributed by atoms with van der Waals surface area (Å²) in [6.07, 6.45) is 2.95. The molecule has 0 radical (unpaired) electrons. The van der Waals surface area contributed by atoms with Gasteiger partial charge in [-0.25, -0.2) is 0 Å². The Morgan fingerprint density at radius 1 is 1.39 bits per heavy atom. The van der Waals surface area contributed by atoms with E-state index in [1.54, 1.807) is 12.2 Å². The van der Waals surface area contributed by atoms with E-state index in [1.165, 1.54) is 6.92 Å². The van der Waals surface area contributed by atoms with E-state index in [0.29, 0.717) is 0 Å². The molecule has 0 saturated carbocycles. The first-order valence-corrected chi connectivity index (χ1v) is 6.40. The van der Waals surface area contributed by atoms with E-state index in [2.05, 4.69) is 0 Å². The normalized spacial score (nSPS) is 13.7. The molecule has 0 bridgehead atoms. The minimum atomic E-state index is -1.86. The fourth-order valence-corrected chi connectivity index (χ4v) is 1.16. The van der Waals surface area contributed by atoms with Gasteiger partial charge in [0.1, 0.15) is 12.7 Å². The molecule has 0 saturated heterocycles. The standard InChI is InChI=1S/C11H16Cl3NO3/c1-7(2)9(18-8(3)16)5-4-6-17-10(15)11(12,13)14/h4-5,7,9,15H,6H2,1-3H3/b5-4-,15-10?. The molecule has 0 aromatic carbocycles. The van der Waals surface area contributed by atoms with Crippen LogP contribution < -0.4 is 0 Å². The van der Waals surface area contributed by atoms with E-state index in [1.807, 2.05) is 13.8 Å². The summed E-state index contributed by atoms with van der Waals surface area (Å²) in [5.41, 5.74) is 0. The minimum absolute atomic E-state index is 0.0667. The molecule has 0 aliphatic carbocycles. The second-order valence-corrected chi connectivity index (χ2v) is 6.17. The van der Waals surface area contributed by atoms with Crippen molar-refractivity contribution in [1.29, 1.82) is 5.41 Å². The molecule has 1 N–H and O–H groups in total. The van der Waals surface area contributed by atoms with Crippen LogP contribution in [-0.4, -0.2) is 28.4 Å². The molecule has 0 aromatic rings. The van der Waals surface area contributed by atoms with E-state index < -0.39 is 9.69 Å². The third-order valence-electron chi connectivity index (χ3n) is 1.87. The molecule has 1 unspecified atom stereocenters. The highest BCUT2D eigenvalue weighted by molar-refractivity contribution is 6.76. The molecule has 4 nitrogen and oxygen atoms in total. The zero-order chi connectivity index (χ0) is 14.3. The fraction of sp³-hybridized carbons (Fsp3) is 0.636. The number of nitrogens with one attached hydrogen (secondary N) is 1. The van der Waals surface area contributed by atoms with Crippen molar-refractivity contribution in [2.24, 2.45) is 5.92 Å². The molecule has 0 heterocycles. The highest BCUT2D eigenvalue weighted by Crippen LogP contribution is 2.27. The monoisotopic (exact) mass is 315 g/mol. The molecule has 7 heteroatoms. The summed E-state index contributed by atoms with van der Waals surface area (Å²) < 4.78 is 8.11. The van der Waals surface area contributed by atoms with Crippen molar-refractivity contribution >= 4 is 46.7 Å². The van der Waals surface area contributed by atoms with Crippen molar-refractivity contribution in [3.05, 3.63) is 12.2 Å². The predicted molar refractivity (Wildman–Crippen MR) is 73.5 cm³/mol. The van der Waals surface area contributed by atoms with Crippen molar-refractivity contribution in [2.45, 2.75) is 30.7 Å². The largest absolute Gasteiger partial charge is 0.474 e. The lowest BCUT2D eigenvalue weighted by molar-refractivity contribution is -0.145. The van der Waals surface area contributed by atoms with Crippen molar-refractivity contribution < 1.29 is 14.3 Å². The third kappa shape index (κ3) is 7.80. The maximum absolute atomic E-state index is 10.9. The fourth-order valence-electron chi connectivity index (χ4n) is 0.992. The lowest BCUT2D eigenvalue weighted by Gasteiger charge is -2.17. The summed E-state index contributed by atoms with van der Waals surface area (Å²) in [5, 5.41) is 7.29. The Morgan fingerprint density at radius 3 is 2.33 bits per heavy atom. The van der Waals surface area contributed by atoms with Crippen LogP contribution in [-0.2, 0) is 14.3 Å². The van der Waals surface area contributed by atoms with Gasteiger partial charge in [0.15, 0.2) is 0 Å². The highest BCUT2D eigenvalue weighted by atomic mass is 35.6. The number of carbonyl (C=O) groups is 1. The average molecular weight is 317 g/mol. The number of hydrogen-bond acceptors (Lipinski definition) is 4. The SMILES string of the molecule is CC(=O)OC(/C=C\COC(=N)C(Cl)(Cl)Cl)C(C)C. The van der Waals surface area contributed by atoms with Gasteiger partial charge in [-0.2, -0.15) is 0 Å². The van der Waals surface area contributed by atoms with Gasteiger partial charge in [-0.05, 0) is 18.1 Å². The summed E-state index contributed by atoms with van der Waals surface area (Å²) in [6.45, 7) is 5.25. The van der Waals surface area contributed by atoms with Crippen LogP contribution in [0.15, 0.2) is 12.2 Å².